The zero-order valence-corrected chi connectivity index (χ0v) is 12.6. The van der Waals surface area contributed by atoms with E-state index in [1.54, 1.807) is 43.0 Å². The van der Waals surface area contributed by atoms with Gasteiger partial charge in [-0.2, -0.15) is 17.0 Å². The molecule has 4 nitrogen and oxygen atoms in total. The maximum Gasteiger partial charge on any atom is 0.224 e. The molecule has 2 atom stereocenters. The molecule has 1 amide bonds. The number of benzene rings is 1. The number of hydrogen-bond donors (Lipinski definition) is 2. The second-order valence-corrected chi connectivity index (χ2v) is 6.14. The summed E-state index contributed by atoms with van der Waals surface area (Å²) < 4.78 is 0. The molecule has 0 bridgehead atoms. The van der Waals surface area contributed by atoms with Crippen molar-refractivity contribution < 1.29 is 9.90 Å². The summed E-state index contributed by atoms with van der Waals surface area (Å²) in [4.78, 5) is 11.7. The van der Waals surface area contributed by atoms with Gasteiger partial charge in [-0.1, -0.05) is 6.92 Å². The molecule has 2 N–H and O–H groups in total. The van der Waals surface area contributed by atoms with Crippen molar-refractivity contribution in [3.8, 4) is 6.07 Å². The third-order valence-corrected chi connectivity index (χ3v) is 4.35. The summed E-state index contributed by atoms with van der Waals surface area (Å²) in [6, 6.07) is 8.83. The number of nitriles is 1. The van der Waals surface area contributed by atoms with Crippen LogP contribution in [0, 0.1) is 11.3 Å². The molecular weight excluding hydrogens is 272 g/mol. The van der Waals surface area contributed by atoms with Gasteiger partial charge in [-0.05, 0) is 43.4 Å². The Bertz CT molecular complexity index is 466. The van der Waals surface area contributed by atoms with E-state index >= 15 is 0 Å². The largest absolute Gasteiger partial charge is 0.392 e. The second kappa shape index (κ2) is 8.62. The first-order valence-corrected chi connectivity index (χ1v) is 7.67. The van der Waals surface area contributed by atoms with Crippen molar-refractivity contribution in [2.75, 3.05) is 11.1 Å². The van der Waals surface area contributed by atoms with Crippen LogP contribution in [0.25, 0.3) is 0 Å². The van der Waals surface area contributed by atoms with Crippen molar-refractivity contribution in [3.05, 3.63) is 29.8 Å². The number of amides is 1. The smallest absolute Gasteiger partial charge is 0.224 e. The van der Waals surface area contributed by atoms with Gasteiger partial charge in [-0.15, -0.1) is 0 Å². The van der Waals surface area contributed by atoms with E-state index in [0.717, 1.165) is 12.2 Å². The fraction of sp³-hybridized carbons (Fsp3) is 0.467. The quantitative estimate of drug-likeness (QED) is 0.758. The van der Waals surface area contributed by atoms with Gasteiger partial charge in [0.05, 0.1) is 17.7 Å². The molecule has 2 unspecified atom stereocenters. The number of aliphatic hydroxyl groups is 1. The van der Waals surface area contributed by atoms with E-state index in [-0.39, 0.29) is 17.3 Å². The maximum atomic E-state index is 11.7. The molecule has 0 saturated carbocycles. The summed E-state index contributed by atoms with van der Waals surface area (Å²) in [6.07, 6.45) is 0.913. The molecule has 0 aliphatic rings. The summed E-state index contributed by atoms with van der Waals surface area (Å²) in [5.74, 6) is 0.826. The van der Waals surface area contributed by atoms with Gasteiger partial charge >= 0.3 is 0 Å². The molecule has 0 saturated heterocycles. The average molecular weight is 292 g/mol. The van der Waals surface area contributed by atoms with Crippen LogP contribution in [0.2, 0.25) is 0 Å². The van der Waals surface area contributed by atoms with Gasteiger partial charge in [0.1, 0.15) is 0 Å². The summed E-state index contributed by atoms with van der Waals surface area (Å²) in [5.41, 5.74) is 1.28. The Balaban J connectivity index is 2.25. The lowest BCUT2D eigenvalue weighted by Crippen LogP contribution is -2.16. The highest BCUT2D eigenvalue weighted by Crippen LogP contribution is 2.16. The molecule has 1 aromatic rings. The van der Waals surface area contributed by atoms with E-state index in [2.05, 4.69) is 5.32 Å². The van der Waals surface area contributed by atoms with Gasteiger partial charge in [0, 0.05) is 17.4 Å². The standard InChI is InChI=1S/C15H20N2O2S/c1-11(18)12(2)20-9-3-4-15(19)17-14-7-5-13(10-16)6-8-14/h5-8,11-12,18H,3-4,9H2,1-2H3,(H,17,19). The van der Waals surface area contributed by atoms with Crippen LogP contribution in [-0.2, 0) is 4.79 Å². The lowest BCUT2D eigenvalue weighted by Gasteiger charge is -2.13. The number of hydrogen-bond acceptors (Lipinski definition) is 4. The fourth-order valence-electron chi connectivity index (χ4n) is 1.49. The first-order valence-electron chi connectivity index (χ1n) is 6.62. The Morgan fingerprint density at radius 2 is 2.05 bits per heavy atom. The monoisotopic (exact) mass is 292 g/mol. The number of carbonyl (C=O) groups is 1. The maximum absolute atomic E-state index is 11.7. The van der Waals surface area contributed by atoms with Crippen LogP contribution in [0.3, 0.4) is 0 Å². The molecule has 1 aromatic carbocycles. The van der Waals surface area contributed by atoms with Crippen LogP contribution < -0.4 is 5.32 Å². The Kier molecular flexibility index (Phi) is 7.13. The summed E-state index contributed by atoms with van der Waals surface area (Å²) in [6.45, 7) is 3.75. The topological polar surface area (TPSA) is 73.1 Å². The molecule has 5 heteroatoms. The number of anilines is 1. The fourth-order valence-corrected chi connectivity index (χ4v) is 2.45. The second-order valence-electron chi connectivity index (χ2n) is 4.66. The third kappa shape index (κ3) is 6.09. The Hall–Kier alpha value is -1.51. The summed E-state index contributed by atoms with van der Waals surface area (Å²) >= 11 is 1.67. The first kappa shape index (κ1) is 16.5. The molecule has 0 aliphatic carbocycles. The Labute approximate surface area is 124 Å². The highest BCUT2D eigenvalue weighted by molar-refractivity contribution is 7.99. The summed E-state index contributed by atoms with van der Waals surface area (Å²) in [5, 5.41) is 21.0. The van der Waals surface area contributed by atoms with Gasteiger partial charge in [0.15, 0.2) is 0 Å². The molecule has 1 rings (SSSR count). The molecule has 0 radical (unpaired) electrons. The van der Waals surface area contributed by atoms with Crippen molar-refractivity contribution in [1.82, 2.24) is 0 Å². The number of thioether (sulfide) groups is 1. The van der Waals surface area contributed by atoms with E-state index in [4.69, 9.17) is 5.26 Å². The zero-order valence-electron chi connectivity index (χ0n) is 11.8. The molecule has 0 heterocycles. The number of rotatable bonds is 7. The summed E-state index contributed by atoms with van der Waals surface area (Å²) in [7, 11) is 0. The molecule has 108 valence electrons. The van der Waals surface area contributed by atoms with E-state index in [1.165, 1.54) is 0 Å². The van der Waals surface area contributed by atoms with Gasteiger partial charge in [-0.25, -0.2) is 0 Å². The molecule has 0 aromatic heterocycles. The predicted molar refractivity (Wildman–Crippen MR) is 82.6 cm³/mol. The highest BCUT2D eigenvalue weighted by atomic mass is 32.2. The van der Waals surface area contributed by atoms with Crippen molar-refractivity contribution in [1.29, 1.82) is 5.26 Å². The average Bonchev–Trinajstić information content (AvgIpc) is 2.44. The van der Waals surface area contributed by atoms with Crippen molar-refractivity contribution in [2.45, 2.75) is 38.0 Å². The minimum atomic E-state index is -0.326. The van der Waals surface area contributed by atoms with Crippen molar-refractivity contribution in [2.24, 2.45) is 0 Å². The lowest BCUT2D eigenvalue weighted by molar-refractivity contribution is -0.116. The number of aliphatic hydroxyl groups excluding tert-OH is 1. The van der Waals surface area contributed by atoms with E-state index in [1.807, 2.05) is 13.0 Å². The van der Waals surface area contributed by atoms with Crippen LogP contribution in [0.1, 0.15) is 32.3 Å². The Morgan fingerprint density at radius 1 is 1.40 bits per heavy atom. The van der Waals surface area contributed by atoms with Crippen LogP contribution in [0.4, 0.5) is 5.69 Å². The Morgan fingerprint density at radius 3 is 2.60 bits per heavy atom. The van der Waals surface area contributed by atoms with Crippen LogP contribution in [-0.4, -0.2) is 28.1 Å². The normalized spacial score (nSPS) is 13.3. The zero-order chi connectivity index (χ0) is 15.0. The number of nitrogens with one attached hydrogen (secondary N) is 1. The number of nitrogens with zero attached hydrogens (tertiary/aromatic N) is 1. The van der Waals surface area contributed by atoms with Gasteiger partial charge < -0.3 is 10.4 Å². The lowest BCUT2D eigenvalue weighted by atomic mass is 10.2. The van der Waals surface area contributed by atoms with E-state index in [9.17, 15) is 9.90 Å². The molecular formula is C15H20N2O2S. The highest BCUT2D eigenvalue weighted by Gasteiger charge is 2.09. The minimum absolute atomic E-state index is 0.0278. The molecule has 0 aliphatic heterocycles. The van der Waals surface area contributed by atoms with E-state index in [0.29, 0.717) is 17.7 Å². The predicted octanol–water partition coefficient (Wildman–Crippen LogP) is 2.78. The van der Waals surface area contributed by atoms with Crippen LogP contribution in [0.15, 0.2) is 24.3 Å². The minimum Gasteiger partial charge on any atom is -0.392 e. The van der Waals surface area contributed by atoms with E-state index < -0.39 is 0 Å². The number of carbonyl (C=O) groups excluding carboxylic acids is 1. The third-order valence-electron chi connectivity index (χ3n) is 2.91. The van der Waals surface area contributed by atoms with Crippen LogP contribution in [0.5, 0.6) is 0 Å². The molecule has 0 fully saturated rings. The molecule has 20 heavy (non-hydrogen) atoms. The first-order chi connectivity index (χ1) is 9.52. The SMILES string of the molecule is CC(O)C(C)SCCCC(=O)Nc1ccc(C#N)cc1. The van der Waals surface area contributed by atoms with Crippen molar-refractivity contribution in [3.63, 3.8) is 0 Å². The van der Waals surface area contributed by atoms with Crippen LogP contribution >= 0.6 is 11.8 Å². The van der Waals surface area contributed by atoms with Gasteiger partial charge in [0.2, 0.25) is 5.91 Å². The van der Waals surface area contributed by atoms with Gasteiger partial charge in [0.25, 0.3) is 0 Å². The van der Waals surface area contributed by atoms with Crippen molar-refractivity contribution >= 4 is 23.4 Å². The van der Waals surface area contributed by atoms with Gasteiger partial charge in [-0.3, -0.25) is 4.79 Å². The molecule has 0 spiro atoms.